The van der Waals surface area contributed by atoms with Crippen molar-refractivity contribution in [2.24, 2.45) is 0 Å². The molecule has 0 nitrogen and oxygen atoms in total. The molecule has 0 fully saturated rings. The normalized spacial score (nSPS) is 11.8. The first-order valence-electron chi connectivity index (χ1n) is 5.00. The van der Waals surface area contributed by atoms with Crippen molar-refractivity contribution in [2.45, 2.75) is 0 Å². The Morgan fingerprint density at radius 3 is 1.29 bits per heavy atom. The Balaban J connectivity index is 2.26. The van der Waals surface area contributed by atoms with E-state index >= 15 is 0 Å². The summed E-state index contributed by atoms with van der Waals surface area (Å²) in [5, 5.41) is 17.7. The Bertz CT molecular complexity index is 532. The van der Waals surface area contributed by atoms with Crippen LogP contribution < -0.4 is 15.9 Å². The zero-order valence-electron chi connectivity index (χ0n) is 8.78. The van der Waals surface area contributed by atoms with E-state index in [9.17, 15) is 0 Å². The Morgan fingerprint density at radius 2 is 1.06 bits per heavy atom. The van der Waals surface area contributed by atoms with Crippen molar-refractivity contribution >= 4 is 70.5 Å². The summed E-state index contributed by atoms with van der Waals surface area (Å²) >= 11 is 8.86. The summed E-state index contributed by atoms with van der Waals surface area (Å²) in [6.45, 7) is 0. The van der Waals surface area contributed by atoms with Crippen LogP contribution in [-0.4, -0.2) is 15.1 Å². The third-order valence-electron chi connectivity index (χ3n) is 2.61. The SMILES string of the molecule is [Se]=P(c1ccsc1)(c1ccsc1)c1ccsc1. The van der Waals surface area contributed by atoms with Crippen LogP contribution in [0.25, 0.3) is 0 Å². The standard InChI is InChI=1S/C12H9PS3Se/c17-13(10-1-4-14-7-10,11-2-5-15-8-11)12-3-6-16-9-12/h1-9H. The van der Waals surface area contributed by atoms with E-state index in [1.165, 1.54) is 15.9 Å². The molecule has 0 saturated heterocycles. The molecular weight excluding hydrogens is 350 g/mol. The van der Waals surface area contributed by atoms with Crippen LogP contribution in [0.4, 0.5) is 0 Å². The van der Waals surface area contributed by atoms with Gasteiger partial charge in [-0.25, -0.2) is 0 Å². The minimum absolute atomic E-state index is 1.44. The van der Waals surface area contributed by atoms with Crippen molar-refractivity contribution < 1.29 is 0 Å². The molecule has 3 aromatic rings. The average Bonchev–Trinajstić information content (AvgIpc) is 3.10. The van der Waals surface area contributed by atoms with Gasteiger partial charge < -0.3 is 0 Å². The first-order chi connectivity index (χ1) is 8.32. The molecule has 0 amide bonds. The van der Waals surface area contributed by atoms with Crippen molar-refractivity contribution in [1.82, 2.24) is 0 Å². The molecule has 0 aliphatic rings. The number of thiophene rings is 3. The van der Waals surface area contributed by atoms with E-state index in [2.05, 4.69) is 65.6 Å². The number of hydrogen-bond acceptors (Lipinski definition) is 3. The fourth-order valence-electron chi connectivity index (χ4n) is 1.76. The molecule has 0 N–H and O–H groups in total. The second-order valence-corrected chi connectivity index (χ2v) is 12.1. The van der Waals surface area contributed by atoms with Gasteiger partial charge in [0.1, 0.15) is 0 Å². The summed E-state index contributed by atoms with van der Waals surface area (Å²) in [7, 11) is 0. The van der Waals surface area contributed by atoms with Crippen LogP contribution in [-0.2, 0) is 0 Å². The molecule has 0 saturated carbocycles. The van der Waals surface area contributed by atoms with Crippen molar-refractivity contribution in [2.75, 3.05) is 0 Å². The van der Waals surface area contributed by atoms with Gasteiger partial charge in [0.15, 0.2) is 0 Å². The first-order valence-corrected chi connectivity index (χ1v) is 11.8. The Labute approximate surface area is 120 Å². The van der Waals surface area contributed by atoms with Gasteiger partial charge >= 0.3 is 121 Å². The molecular formula is C12H9PS3Se. The molecule has 0 aromatic carbocycles. The van der Waals surface area contributed by atoms with E-state index in [0.717, 1.165) is 0 Å². The predicted molar refractivity (Wildman–Crippen MR) is 84.5 cm³/mol. The monoisotopic (exact) mass is 360 g/mol. The van der Waals surface area contributed by atoms with Crippen molar-refractivity contribution in [1.29, 1.82) is 0 Å². The van der Waals surface area contributed by atoms with Gasteiger partial charge in [-0.05, 0) is 0 Å². The quantitative estimate of drug-likeness (QED) is 0.498. The van der Waals surface area contributed by atoms with Crippen LogP contribution in [0.15, 0.2) is 50.5 Å². The fraction of sp³-hybridized carbons (Fsp3) is 0. The van der Waals surface area contributed by atoms with E-state index in [-0.39, 0.29) is 0 Å². The zero-order chi connectivity index (χ0) is 11.7. The van der Waals surface area contributed by atoms with E-state index in [1.807, 2.05) is 0 Å². The minimum atomic E-state index is -1.48. The van der Waals surface area contributed by atoms with E-state index < -0.39 is 5.51 Å². The van der Waals surface area contributed by atoms with Crippen LogP contribution in [0.2, 0.25) is 0 Å². The molecule has 0 unspecified atom stereocenters. The van der Waals surface area contributed by atoms with Crippen LogP contribution in [0.5, 0.6) is 0 Å². The maximum atomic E-state index is 3.53. The summed E-state index contributed by atoms with van der Waals surface area (Å²) in [6.07, 6.45) is 0. The molecule has 17 heavy (non-hydrogen) atoms. The predicted octanol–water partition coefficient (Wildman–Crippen LogP) is 3.25. The molecule has 86 valence electrons. The number of rotatable bonds is 3. The van der Waals surface area contributed by atoms with Gasteiger partial charge in [-0.15, -0.1) is 0 Å². The Morgan fingerprint density at radius 1 is 0.706 bits per heavy atom. The molecule has 5 heteroatoms. The van der Waals surface area contributed by atoms with E-state index in [1.54, 1.807) is 34.0 Å². The summed E-state index contributed by atoms with van der Waals surface area (Å²) in [5.41, 5.74) is -1.48. The molecule has 0 atom stereocenters. The van der Waals surface area contributed by atoms with Gasteiger partial charge in [0.25, 0.3) is 0 Å². The molecule has 3 rings (SSSR count). The van der Waals surface area contributed by atoms with Gasteiger partial charge in [0.05, 0.1) is 0 Å². The summed E-state index contributed by atoms with van der Waals surface area (Å²) in [4.78, 5) is 0. The van der Waals surface area contributed by atoms with Gasteiger partial charge in [-0.1, -0.05) is 0 Å². The molecule has 0 radical (unpaired) electrons. The van der Waals surface area contributed by atoms with Gasteiger partial charge in [-0.3, -0.25) is 0 Å². The second kappa shape index (κ2) is 4.97. The Hall–Kier alpha value is 0.0495. The second-order valence-electron chi connectivity index (χ2n) is 3.55. The van der Waals surface area contributed by atoms with Crippen LogP contribution in [0.3, 0.4) is 0 Å². The summed E-state index contributed by atoms with van der Waals surface area (Å²) < 4.78 is 0. The Kier molecular flexibility index (Phi) is 3.54. The maximum absolute atomic E-state index is 3.53. The van der Waals surface area contributed by atoms with Crippen LogP contribution >= 0.6 is 39.5 Å². The molecule has 3 aromatic heterocycles. The zero-order valence-corrected chi connectivity index (χ0v) is 13.8. The van der Waals surface area contributed by atoms with Crippen LogP contribution in [0, 0.1) is 0 Å². The average molecular weight is 359 g/mol. The van der Waals surface area contributed by atoms with Crippen molar-refractivity contribution in [3.8, 4) is 0 Å². The molecule has 0 bridgehead atoms. The molecule has 3 heterocycles. The first kappa shape index (κ1) is 12.1. The third kappa shape index (κ3) is 2.08. The molecule has 0 aliphatic carbocycles. The third-order valence-corrected chi connectivity index (χ3v) is 12.2. The summed E-state index contributed by atoms with van der Waals surface area (Å²) in [6, 6.07) is 6.76. The van der Waals surface area contributed by atoms with E-state index in [0.29, 0.717) is 0 Å². The van der Waals surface area contributed by atoms with Gasteiger partial charge in [0.2, 0.25) is 0 Å². The molecule has 0 spiro atoms. The summed E-state index contributed by atoms with van der Waals surface area (Å²) in [5.74, 6) is 0. The number of hydrogen-bond donors (Lipinski definition) is 0. The van der Waals surface area contributed by atoms with Crippen molar-refractivity contribution in [3.05, 3.63) is 50.5 Å². The van der Waals surface area contributed by atoms with Gasteiger partial charge in [0, 0.05) is 0 Å². The van der Waals surface area contributed by atoms with Crippen molar-refractivity contribution in [3.63, 3.8) is 0 Å². The van der Waals surface area contributed by atoms with E-state index in [4.69, 9.17) is 0 Å². The van der Waals surface area contributed by atoms with Gasteiger partial charge in [-0.2, -0.15) is 0 Å². The van der Waals surface area contributed by atoms with Crippen LogP contribution in [0.1, 0.15) is 0 Å². The topological polar surface area (TPSA) is 0 Å². The molecule has 0 aliphatic heterocycles. The fourth-order valence-corrected chi connectivity index (χ4v) is 11.3.